The zero-order valence-electron chi connectivity index (χ0n) is 7.10. The zero-order chi connectivity index (χ0) is 7.40. The van der Waals surface area contributed by atoms with E-state index >= 15 is 0 Å². The first kappa shape index (κ1) is 8.10. The zero-order valence-corrected chi connectivity index (χ0v) is 7.10. The summed E-state index contributed by atoms with van der Waals surface area (Å²) >= 11 is 0. The molecule has 0 aliphatic heterocycles. The first-order chi connectivity index (χ1) is 4.79. The Bertz CT molecular complexity index is 66.0. The van der Waals surface area contributed by atoms with E-state index in [0.717, 1.165) is 11.8 Å². The first-order valence-corrected chi connectivity index (χ1v) is 4.62. The van der Waals surface area contributed by atoms with Crippen LogP contribution in [0.2, 0.25) is 0 Å². The minimum Gasteiger partial charge on any atom is -0.0625 e. The molecule has 1 saturated carbocycles. The molecule has 1 aliphatic rings. The van der Waals surface area contributed by atoms with E-state index in [1.54, 1.807) is 0 Å². The molecule has 0 heterocycles. The van der Waals surface area contributed by atoms with E-state index in [2.05, 4.69) is 13.8 Å². The molecule has 1 aliphatic carbocycles. The van der Waals surface area contributed by atoms with Gasteiger partial charge >= 0.3 is 0 Å². The van der Waals surface area contributed by atoms with Crippen LogP contribution in [0, 0.1) is 18.8 Å². The lowest BCUT2D eigenvalue weighted by Crippen LogP contribution is -2.04. The molecule has 0 aromatic carbocycles. The summed E-state index contributed by atoms with van der Waals surface area (Å²) < 4.78 is 0. The van der Waals surface area contributed by atoms with Crippen molar-refractivity contribution in [2.24, 2.45) is 11.8 Å². The molecule has 0 nitrogen and oxygen atoms in total. The summed E-state index contributed by atoms with van der Waals surface area (Å²) in [6, 6.07) is 0. The maximum atomic E-state index is 4.12. The summed E-state index contributed by atoms with van der Waals surface area (Å²) in [6.45, 7) is 6.50. The molecule has 0 amide bonds. The van der Waals surface area contributed by atoms with E-state index in [9.17, 15) is 0 Å². The average Bonchev–Trinajstić information content (AvgIpc) is 1.84. The van der Waals surface area contributed by atoms with Crippen LogP contribution in [-0.2, 0) is 0 Å². The van der Waals surface area contributed by atoms with Gasteiger partial charge in [0.1, 0.15) is 0 Å². The minimum absolute atomic E-state index is 0.757. The van der Waals surface area contributed by atoms with E-state index in [0.29, 0.717) is 0 Å². The van der Waals surface area contributed by atoms with Gasteiger partial charge in [-0.05, 0) is 11.8 Å². The summed E-state index contributed by atoms with van der Waals surface area (Å²) in [7, 11) is 0. The Labute approximate surface area is 65.0 Å². The fraction of sp³-hybridized carbons (Fsp3) is 0.900. The Morgan fingerprint density at radius 3 is 2.00 bits per heavy atom. The number of rotatable bonds is 0. The number of hydrogen-bond acceptors (Lipinski definition) is 0. The molecular formula is C10H19. The van der Waals surface area contributed by atoms with Crippen LogP contribution in [-0.4, -0.2) is 0 Å². The van der Waals surface area contributed by atoms with Crippen molar-refractivity contribution >= 4 is 0 Å². The van der Waals surface area contributed by atoms with Crippen molar-refractivity contribution < 1.29 is 0 Å². The Morgan fingerprint density at radius 2 is 1.50 bits per heavy atom. The molecule has 0 aromatic rings. The van der Waals surface area contributed by atoms with Gasteiger partial charge in [-0.3, -0.25) is 0 Å². The second-order valence-corrected chi connectivity index (χ2v) is 3.83. The molecule has 0 N–H and O–H groups in total. The molecule has 0 unspecified atom stereocenters. The van der Waals surface area contributed by atoms with Crippen LogP contribution < -0.4 is 0 Å². The van der Waals surface area contributed by atoms with E-state index in [1.807, 2.05) is 0 Å². The highest BCUT2D eigenvalue weighted by Gasteiger charge is 2.09. The van der Waals surface area contributed by atoms with Crippen molar-refractivity contribution in [3.8, 4) is 0 Å². The molecule has 0 heteroatoms. The fourth-order valence-electron chi connectivity index (χ4n) is 1.80. The monoisotopic (exact) mass is 139 g/mol. The number of hydrogen-bond donors (Lipinski definition) is 0. The summed E-state index contributed by atoms with van der Waals surface area (Å²) in [4.78, 5) is 0. The lowest BCUT2D eigenvalue weighted by molar-refractivity contribution is 0.364. The van der Waals surface area contributed by atoms with E-state index in [-0.39, 0.29) is 0 Å². The minimum atomic E-state index is 0.757. The van der Waals surface area contributed by atoms with Crippen molar-refractivity contribution in [3.63, 3.8) is 0 Å². The van der Waals surface area contributed by atoms with Gasteiger partial charge in [-0.15, -0.1) is 0 Å². The topological polar surface area (TPSA) is 0 Å². The molecule has 0 aromatic heterocycles. The van der Waals surface area contributed by atoms with E-state index in [4.69, 9.17) is 0 Å². The maximum Gasteiger partial charge on any atom is -0.0414 e. The van der Waals surface area contributed by atoms with E-state index in [1.165, 1.54) is 38.5 Å². The Kier molecular flexibility index (Phi) is 3.24. The van der Waals surface area contributed by atoms with Crippen LogP contribution in [0.15, 0.2) is 0 Å². The molecule has 0 saturated heterocycles. The largest absolute Gasteiger partial charge is 0.0625 e. The lowest BCUT2D eigenvalue weighted by atomic mass is 9.88. The summed E-state index contributed by atoms with van der Waals surface area (Å²) in [5.74, 6) is 1.74. The highest BCUT2D eigenvalue weighted by Crippen LogP contribution is 2.24. The van der Waals surface area contributed by atoms with Crippen LogP contribution in [0.25, 0.3) is 0 Å². The first-order valence-electron chi connectivity index (χ1n) is 4.62. The normalized spacial score (nSPS) is 36.6. The SMILES string of the molecule is [CH2]C1CCCC(C)CCC1. The van der Waals surface area contributed by atoms with Crippen molar-refractivity contribution in [2.75, 3.05) is 0 Å². The standard InChI is InChI=1S/C10H19/c1-9-5-3-7-10(2)8-4-6-9/h9-10H,1,3-8H2,2H3. The fourth-order valence-corrected chi connectivity index (χ4v) is 1.80. The van der Waals surface area contributed by atoms with E-state index < -0.39 is 0 Å². The molecule has 0 spiro atoms. The molecule has 0 bridgehead atoms. The van der Waals surface area contributed by atoms with Crippen LogP contribution in [0.4, 0.5) is 0 Å². The van der Waals surface area contributed by atoms with Gasteiger partial charge in [-0.25, -0.2) is 0 Å². The van der Waals surface area contributed by atoms with Gasteiger partial charge in [-0.2, -0.15) is 0 Å². The summed E-state index contributed by atoms with van der Waals surface area (Å²) in [5.41, 5.74) is 0. The molecule has 0 atom stereocenters. The van der Waals surface area contributed by atoms with Gasteiger partial charge < -0.3 is 0 Å². The van der Waals surface area contributed by atoms with Crippen LogP contribution in [0.3, 0.4) is 0 Å². The maximum absolute atomic E-state index is 4.12. The van der Waals surface area contributed by atoms with Gasteiger partial charge in [0.05, 0.1) is 0 Å². The highest BCUT2D eigenvalue weighted by atomic mass is 14.2. The molecule has 10 heavy (non-hydrogen) atoms. The van der Waals surface area contributed by atoms with Crippen molar-refractivity contribution in [2.45, 2.75) is 45.4 Å². The van der Waals surface area contributed by atoms with Crippen molar-refractivity contribution in [1.82, 2.24) is 0 Å². The Hall–Kier alpha value is 0. The van der Waals surface area contributed by atoms with Crippen LogP contribution in [0.5, 0.6) is 0 Å². The Balaban J connectivity index is 2.21. The van der Waals surface area contributed by atoms with Crippen molar-refractivity contribution in [1.29, 1.82) is 0 Å². The average molecular weight is 139 g/mol. The summed E-state index contributed by atoms with van der Waals surface area (Å²) in [5, 5.41) is 0. The molecule has 59 valence electrons. The summed E-state index contributed by atoms with van der Waals surface area (Å²) in [6.07, 6.45) is 8.43. The molecule has 1 rings (SSSR count). The van der Waals surface area contributed by atoms with Gasteiger partial charge in [-0.1, -0.05) is 52.4 Å². The highest BCUT2D eigenvalue weighted by molar-refractivity contribution is 4.67. The smallest absolute Gasteiger partial charge is 0.0414 e. The van der Waals surface area contributed by atoms with Crippen molar-refractivity contribution in [3.05, 3.63) is 6.92 Å². The van der Waals surface area contributed by atoms with Gasteiger partial charge in [0.2, 0.25) is 0 Å². The third kappa shape index (κ3) is 2.72. The second-order valence-electron chi connectivity index (χ2n) is 3.83. The molecular weight excluding hydrogens is 120 g/mol. The predicted octanol–water partition coefficient (Wildman–Crippen LogP) is 3.43. The van der Waals surface area contributed by atoms with Crippen LogP contribution >= 0.6 is 0 Å². The van der Waals surface area contributed by atoms with Gasteiger partial charge in [0.15, 0.2) is 0 Å². The second kappa shape index (κ2) is 4.00. The quantitative estimate of drug-likeness (QED) is 0.482. The van der Waals surface area contributed by atoms with Gasteiger partial charge in [0.25, 0.3) is 0 Å². The predicted molar refractivity (Wildman–Crippen MR) is 45.7 cm³/mol. The van der Waals surface area contributed by atoms with Crippen LogP contribution in [0.1, 0.15) is 45.4 Å². The third-order valence-corrected chi connectivity index (χ3v) is 2.62. The molecule has 1 radical (unpaired) electrons. The van der Waals surface area contributed by atoms with Gasteiger partial charge in [0, 0.05) is 0 Å². The lowest BCUT2D eigenvalue weighted by Gasteiger charge is -2.18. The third-order valence-electron chi connectivity index (χ3n) is 2.62. The Morgan fingerprint density at radius 1 is 1.00 bits per heavy atom. The molecule has 1 fully saturated rings.